The number of nitrogens with zero attached hydrogens (tertiary/aromatic N) is 1. The van der Waals surface area contributed by atoms with Crippen molar-refractivity contribution >= 4 is 0 Å². The molecule has 2 rings (SSSR count). The van der Waals surface area contributed by atoms with E-state index in [2.05, 4.69) is 38.0 Å². The van der Waals surface area contributed by atoms with Gasteiger partial charge in [0, 0.05) is 25.7 Å². The lowest BCUT2D eigenvalue weighted by molar-refractivity contribution is -0.0603. The van der Waals surface area contributed by atoms with Gasteiger partial charge >= 0.3 is 0 Å². The Labute approximate surface area is 130 Å². The zero-order valence-electron chi connectivity index (χ0n) is 14.3. The van der Waals surface area contributed by atoms with Gasteiger partial charge in [0.2, 0.25) is 0 Å². The van der Waals surface area contributed by atoms with E-state index in [4.69, 9.17) is 4.74 Å². The number of aliphatic hydroxyl groups excluding tert-OH is 1. The van der Waals surface area contributed by atoms with Gasteiger partial charge in [0.05, 0.1) is 19.3 Å². The van der Waals surface area contributed by atoms with Crippen molar-refractivity contribution in [3.8, 4) is 0 Å². The summed E-state index contributed by atoms with van der Waals surface area (Å²) in [4.78, 5) is 2.49. The summed E-state index contributed by atoms with van der Waals surface area (Å²) >= 11 is 0. The van der Waals surface area contributed by atoms with Gasteiger partial charge in [-0.1, -0.05) is 20.8 Å². The molecule has 1 aliphatic heterocycles. The van der Waals surface area contributed by atoms with Gasteiger partial charge in [-0.25, -0.2) is 0 Å². The van der Waals surface area contributed by atoms with Crippen molar-refractivity contribution in [3.05, 3.63) is 0 Å². The Morgan fingerprint density at radius 1 is 1.29 bits per heavy atom. The van der Waals surface area contributed by atoms with E-state index in [9.17, 15) is 5.11 Å². The lowest BCUT2D eigenvalue weighted by Crippen LogP contribution is -2.50. The Kier molecular flexibility index (Phi) is 6.06. The molecule has 2 aliphatic rings. The number of morpholine rings is 1. The highest BCUT2D eigenvalue weighted by atomic mass is 16.5. The average Bonchev–Trinajstić information content (AvgIpc) is 2.46. The summed E-state index contributed by atoms with van der Waals surface area (Å²) in [6.45, 7) is 11.1. The third-order valence-corrected chi connectivity index (χ3v) is 5.50. The van der Waals surface area contributed by atoms with Crippen LogP contribution in [0.3, 0.4) is 0 Å². The minimum atomic E-state index is 0.00814. The highest BCUT2D eigenvalue weighted by Gasteiger charge is 2.36. The first-order valence-electron chi connectivity index (χ1n) is 8.56. The fourth-order valence-corrected chi connectivity index (χ4v) is 4.02. The van der Waals surface area contributed by atoms with Crippen LogP contribution < -0.4 is 5.32 Å². The molecule has 0 aromatic heterocycles. The van der Waals surface area contributed by atoms with Crippen LogP contribution in [0.4, 0.5) is 0 Å². The van der Waals surface area contributed by atoms with E-state index in [1.54, 1.807) is 0 Å². The van der Waals surface area contributed by atoms with Gasteiger partial charge in [-0.15, -0.1) is 0 Å². The van der Waals surface area contributed by atoms with Crippen molar-refractivity contribution < 1.29 is 9.84 Å². The summed E-state index contributed by atoms with van der Waals surface area (Å²) in [5.74, 6) is 1.53. The summed E-state index contributed by atoms with van der Waals surface area (Å²) in [6, 6.07) is 0.638. The SMILES string of the molecule is CNC1CCC(C(C)(C)C)CC1CN1CCOC(CO)C1. The molecule has 4 atom stereocenters. The summed E-state index contributed by atoms with van der Waals surface area (Å²) in [6.07, 6.45) is 3.95. The largest absolute Gasteiger partial charge is 0.394 e. The summed E-state index contributed by atoms with van der Waals surface area (Å²) < 4.78 is 5.57. The molecular weight excluding hydrogens is 264 g/mol. The third kappa shape index (κ3) is 4.65. The molecular formula is C17H34N2O2. The zero-order valence-corrected chi connectivity index (χ0v) is 14.3. The fraction of sp³-hybridized carbons (Fsp3) is 1.00. The van der Waals surface area contributed by atoms with Crippen LogP contribution in [-0.2, 0) is 4.74 Å². The molecule has 1 saturated carbocycles. The number of rotatable bonds is 4. The van der Waals surface area contributed by atoms with Crippen LogP contribution in [0, 0.1) is 17.3 Å². The number of hydrogen-bond acceptors (Lipinski definition) is 4. The second-order valence-electron chi connectivity index (χ2n) is 7.97. The molecule has 0 radical (unpaired) electrons. The molecule has 4 nitrogen and oxygen atoms in total. The van der Waals surface area contributed by atoms with Crippen molar-refractivity contribution in [2.45, 2.75) is 52.2 Å². The molecule has 4 unspecified atom stereocenters. The molecule has 0 spiro atoms. The monoisotopic (exact) mass is 298 g/mol. The van der Waals surface area contributed by atoms with Gasteiger partial charge in [0.25, 0.3) is 0 Å². The van der Waals surface area contributed by atoms with Gasteiger partial charge in [-0.05, 0) is 43.6 Å². The number of ether oxygens (including phenoxy) is 1. The standard InChI is InChI=1S/C17H34N2O2/c1-17(2,3)14-5-6-16(18-4)13(9-14)10-19-7-8-21-15(11-19)12-20/h13-16,18,20H,5-12H2,1-4H3. The van der Waals surface area contributed by atoms with Crippen LogP contribution in [0.5, 0.6) is 0 Å². The molecule has 124 valence electrons. The predicted molar refractivity (Wildman–Crippen MR) is 86.4 cm³/mol. The lowest BCUT2D eigenvalue weighted by Gasteiger charge is -2.44. The van der Waals surface area contributed by atoms with Gasteiger partial charge in [0.15, 0.2) is 0 Å². The smallest absolute Gasteiger partial charge is 0.0932 e. The Balaban J connectivity index is 1.94. The van der Waals surface area contributed by atoms with Crippen LogP contribution in [0.25, 0.3) is 0 Å². The molecule has 1 aliphatic carbocycles. The molecule has 1 heterocycles. The first-order chi connectivity index (χ1) is 9.94. The maximum atomic E-state index is 9.30. The van der Waals surface area contributed by atoms with Gasteiger partial charge in [-0.3, -0.25) is 4.90 Å². The van der Waals surface area contributed by atoms with Crippen LogP contribution >= 0.6 is 0 Å². The number of nitrogens with one attached hydrogen (secondary N) is 1. The van der Waals surface area contributed by atoms with Crippen LogP contribution in [0.1, 0.15) is 40.0 Å². The maximum absolute atomic E-state index is 9.30. The van der Waals surface area contributed by atoms with Gasteiger partial charge in [-0.2, -0.15) is 0 Å². The maximum Gasteiger partial charge on any atom is 0.0932 e. The molecule has 0 aromatic carbocycles. The van der Waals surface area contributed by atoms with Gasteiger partial charge in [0.1, 0.15) is 0 Å². The Morgan fingerprint density at radius 3 is 2.67 bits per heavy atom. The third-order valence-electron chi connectivity index (χ3n) is 5.50. The minimum Gasteiger partial charge on any atom is -0.394 e. The van der Waals surface area contributed by atoms with E-state index in [1.165, 1.54) is 19.3 Å². The predicted octanol–water partition coefficient (Wildman–Crippen LogP) is 1.73. The van der Waals surface area contributed by atoms with Crippen molar-refractivity contribution in [1.82, 2.24) is 10.2 Å². The Hall–Kier alpha value is -0.160. The van der Waals surface area contributed by atoms with E-state index in [0.717, 1.165) is 32.2 Å². The molecule has 21 heavy (non-hydrogen) atoms. The molecule has 1 saturated heterocycles. The highest BCUT2D eigenvalue weighted by Crippen LogP contribution is 2.40. The molecule has 2 fully saturated rings. The number of hydrogen-bond donors (Lipinski definition) is 2. The summed E-state index contributed by atoms with van der Waals surface area (Å²) in [5, 5.41) is 12.8. The molecule has 2 N–H and O–H groups in total. The molecule has 0 amide bonds. The normalized spacial score (nSPS) is 35.9. The quantitative estimate of drug-likeness (QED) is 0.830. The average molecular weight is 298 g/mol. The summed E-state index contributed by atoms with van der Waals surface area (Å²) in [7, 11) is 2.10. The second kappa shape index (κ2) is 7.40. The van der Waals surface area contributed by atoms with Gasteiger partial charge < -0.3 is 15.2 Å². The highest BCUT2D eigenvalue weighted by molar-refractivity contribution is 4.90. The Morgan fingerprint density at radius 2 is 2.05 bits per heavy atom. The topological polar surface area (TPSA) is 44.7 Å². The number of aliphatic hydroxyl groups is 1. The second-order valence-corrected chi connectivity index (χ2v) is 7.97. The molecule has 4 heteroatoms. The van der Waals surface area contributed by atoms with E-state index in [1.807, 2.05) is 0 Å². The van der Waals surface area contributed by atoms with Crippen LogP contribution in [-0.4, -0.2) is 62.0 Å². The fourth-order valence-electron chi connectivity index (χ4n) is 4.02. The van der Waals surface area contributed by atoms with Crippen molar-refractivity contribution in [2.75, 3.05) is 39.9 Å². The van der Waals surface area contributed by atoms with E-state index >= 15 is 0 Å². The van der Waals surface area contributed by atoms with E-state index in [0.29, 0.717) is 17.4 Å². The Bertz CT molecular complexity index is 316. The van der Waals surface area contributed by atoms with Crippen LogP contribution in [0.15, 0.2) is 0 Å². The molecule has 0 aromatic rings. The lowest BCUT2D eigenvalue weighted by atomic mass is 9.67. The molecule has 0 bridgehead atoms. The summed E-state index contributed by atoms with van der Waals surface area (Å²) in [5.41, 5.74) is 0.412. The van der Waals surface area contributed by atoms with E-state index < -0.39 is 0 Å². The van der Waals surface area contributed by atoms with Crippen molar-refractivity contribution in [3.63, 3.8) is 0 Å². The first kappa shape index (κ1) is 17.2. The van der Waals surface area contributed by atoms with Crippen molar-refractivity contribution in [1.29, 1.82) is 0 Å². The first-order valence-corrected chi connectivity index (χ1v) is 8.56. The zero-order chi connectivity index (χ0) is 15.5. The minimum absolute atomic E-state index is 0.00814. The van der Waals surface area contributed by atoms with Crippen molar-refractivity contribution in [2.24, 2.45) is 17.3 Å². The van der Waals surface area contributed by atoms with E-state index in [-0.39, 0.29) is 12.7 Å². The van der Waals surface area contributed by atoms with Crippen LogP contribution in [0.2, 0.25) is 0 Å².